The van der Waals surface area contributed by atoms with Crippen LogP contribution >= 0.6 is 0 Å². The number of nitrogens with zero attached hydrogens (tertiary/aromatic N) is 1. The van der Waals surface area contributed by atoms with E-state index in [2.05, 4.69) is 18.8 Å². The fraction of sp³-hybridized carbons (Fsp3) is 0.625. The molecule has 0 radical (unpaired) electrons. The van der Waals surface area contributed by atoms with E-state index in [0.29, 0.717) is 18.0 Å². The number of hydrogen-bond donors (Lipinski definition) is 1. The van der Waals surface area contributed by atoms with Crippen molar-refractivity contribution in [3.05, 3.63) is 23.9 Å². The van der Waals surface area contributed by atoms with Gasteiger partial charge in [-0.2, -0.15) is 0 Å². The lowest BCUT2D eigenvalue weighted by Gasteiger charge is -2.42. The van der Waals surface area contributed by atoms with Crippen molar-refractivity contribution in [3.8, 4) is 0 Å². The molecule has 0 aromatic carbocycles. The Morgan fingerprint density at radius 2 is 2.00 bits per heavy atom. The summed E-state index contributed by atoms with van der Waals surface area (Å²) >= 11 is 0. The summed E-state index contributed by atoms with van der Waals surface area (Å²) in [6, 6.07) is 3.49. The van der Waals surface area contributed by atoms with E-state index in [1.807, 2.05) is 6.92 Å². The molecule has 2 N–H and O–H groups in total. The molecule has 4 nitrogen and oxygen atoms in total. The summed E-state index contributed by atoms with van der Waals surface area (Å²) in [5, 5.41) is 0. The zero-order chi connectivity index (χ0) is 14.8. The van der Waals surface area contributed by atoms with Gasteiger partial charge in [0.2, 0.25) is 0 Å². The number of Topliss-reactive ketones (excluding diaryl/α,β-unsaturated/α-hetero) is 1. The highest BCUT2D eigenvalue weighted by Gasteiger charge is 2.45. The van der Waals surface area contributed by atoms with Crippen LogP contribution in [-0.2, 0) is 4.74 Å². The van der Waals surface area contributed by atoms with Crippen molar-refractivity contribution in [1.29, 1.82) is 0 Å². The maximum absolute atomic E-state index is 12.9. The van der Waals surface area contributed by atoms with E-state index >= 15 is 0 Å². The van der Waals surface area contributed by atoms with Crippen LogP contribution in [0.3, 0.4) is 0 Å². The average molecular weight is 276 g/mol. The predicted molar refractivity (Wildman–Crippen MR) is 79.6 cm³/mol. The van der Waals surface area contributed by atoms with E-state index in [1.54, 1.807) is 18.3 Å². The third kappa shape index (κ3) is 2.85. The molecule has 0 atom stereocenters. The van der Waals surface area contributed by atoms with Crippen LogP contribution in [0, 0.1) is 5.41 Å². The Hall–Kier alpha value is -1.42. The molecule has 110 valence electrons. The highest BCUT2D eigenvalue weighted by Crippen LogP contribution is 2.43. The highest BCUT2D eigenvalue weighted by atomic mass is 16.5. The Labute approximate surface area is 120 Å². The van der Waals surface area contributed by atoms with Gasteiger partial charge >= 0.3 is 0 Å². The summed E-state index contributed by atoms with van der Waals surface area (Å²) < 4.78 is 5.90. The van der Waals surface area contributed by atoms with Crippen LogP contribution in [0.5, 0.6) is 0 Å². The minimum absolute atomic E-state index is 0.0135. The van der Waals surface area contributed by atoms with Crippen LogP contribution in [0.25, 0.3) is 0 Å². The van der Waals surface area contributed by atoms with Crippen molar-refractivity contribution in [2.75, 3.05) is 12.3 Å². The second kappa shape index (κ2) is 5.52. The van der Waals surface area contributed by atoms with Crippen LogP contribution in [0.15, 0.2) is 18.3 Å². The molecule has 0 spiro atoms. The summed E-state index contributed by atoms with van der Waals surface area (Å²) in [4.78, 5) is 16.9. The van der Waals surface area contributed by atoms with Crippen LogP contribution in [0.4, 0.5) is 5.82 Å². The number of rotatable bonds is 4. The van der Waals surface area contributed by atoms with Crippen LogP contribution in [0.2, 0.25) is 0 Å². The van der Waals surface area contributed by atoms with Gasteiger partial charge in [-0.1, -0.05) is 13.8 Å². The molecule has 20 heavy (non-hydrogen) atoms. The highest BCUT2D eigenvalue weighted by molar-refractivity contribution is 6.05. The molecule has 1 aliphatic rings. The predicted octanol–water partition coefficient (Wildman–Crippen LogP) is 3.22. The van der Waals surface area contributed by atoms with Gasteiger partial charge in [0.25, 0.3) is 0 Å². The zero-order valence-corrected chi connectivity index (χ0v) is 12.6. The second-order valence-corrected chi connectivity index (χ2v) is 6.36. The molecule has 1 aromatic rings. The van der Waals surface area contributed by atoms with E-state index in [0.717, 1.165) is 25.7 Å². The van der Waals surface area contributed by atoms with Gasteiger partial charge in [0.05, 0.1) is 5.56 Å². The van der Waals surface area contributed by atoms with Crippen molar-refractivity contribution >= 4 is 11.6 Å². The van der Waals surface area contributed by atoms with Crippen LogP contribution < -0.4 is 5.73 Å². The Morgan fingerprint density at radius 3 is 2.55 bits per heavy atom. The fourth-order valence-corrected chi connectivity index (χ4v) is 2.90. The first-order valence-electron chi connectivity index (χ1n) is 7.29. The van der Waals surface area contributed by atoms with Crippen molar-refractivity contribution in [3.63, 3.8) is 0 Å². The first-order valence-corrected chi connectivity index (χ1v) is 7.29. The summed E-state index contributed by atoms with van der Waals surface area (Å²) in [7, 11) is 0. The summed E-state index contributed by atoms with van der Waals surface area (Å²) in [5.74, 6) is 0.280. The van der Waals surface area contributed by atoms with E-state index in [9.17, 15) is 4.79 Å². The SMILES string of the molecule is CCOC1(C(=O)c2cccnc2N)CCC(C)(C)CC1. The van der Waals surface area contributed by atoms with Gasteiger partial charge in [-0.05, 0) is 50.2 Å². The number of ether oxygens (including phenoxy) is 1. The Kier molecular flexibility index (Phi) is 4.14. The molecule has 4 heteroatoms. The van der Waals surface area contributed by atoms with E-state index in [-0.39, 0.29) is 11.2 Å². The first-order chi connectivity index (χ1) is 9.40. The molecule has 1 aromatic heterocycles. The molecule has 1 heterocycles. The molecule has 0 saturated heterocycles. The molecule has 2 rings (SSSR count). The van der Waals surface area contributed by atoms with Crippen LogP contribution in [0.1, 0.15) is 56.8 Å². The number of pyridine rings is 1. The largest absolute Gasteiger partial charge is 0.383 e. The average Bonchev–Trinajstić information content (AvgIpc) is 2.42. The Balaban J connectivity index is 2.30. The maximum Gasteiger partial charge on any atom is 0.198 e. The summed E-state index contributed by atoms with van der Waals surface area (Å²) in [6.45, 7) is 6.95. The molecule has 1 saturated carbocycles. The fourth-order valence-electron chi connectivity index (χ4n) is 2.90. The molecule has 0 unspecified atom stereocenters. The number of carbonyl (C=O) groups excluding carboxylic acids is 1. The molecular formula is C16H24N2O2. The first kappa shape index (κ1) is 15.0. The van der Waals surface area contributed by atoms with E-state index in [1.165, 1.54) is 0 Å². The van der Waals surface area contributed by atoms with E-state index in [4.69, 9.17) is 10.5 Å². The molecular weight excluding hydrogens is 252 g/mol. The Morgan fingerprint density at radius 1 is 1.35 bits per heavy atom. The van der Waals surface area contributed by atoms with Gasteiger partial charge in [0.15, 0.2) is 5.78 Å². The number of anilines is 1. The molecule has 0 bridgehead atoms. The molecule has 1 fully saturated rings. The monoisotopic (exact) mass is 276 g/mol. The lowest BCUT2D eigenvalue weighted by molar-refractivity contribution is -0.0580. The smallest absolute Gasteiger partial charge is 0.198 e. The third-order valence-corrected chi connectivity index (χ3v) is 4.33. The number of nitrogens with two attached hydrogens (primary N) is 1. The van der Waals surface area contributed by atoms with Crippen molar-refractivity contribution in [2.45, 2.75) is 52.1 Å². The number of nitrogen functional groups attached to an aromatic ring is 1. The molecule has 0 amide bonds. The van der Waals surface area contributed by atoms with Gasteiger partial charge in [-0.25, -0.2) is 4.98 Å². The number of ketones is 1. The second-order valence-electron chi connectivity index (χ2n) is 6.36. The Bertz CT molecular complexity index is 487. The molecule has 0 aliphatic heterocycles. The summed E-state index contributed by atoms with van der Waals surface area (Å²) in [6.07, 6.45) is 5.07. The van der Waals surface area contributed by atoms with Crippen molar-refractivity contribution < 1.29 is 9.53 Å². The summed E-state index contributed by atoms with van der Waals surface area (Å²) in [5.41, 5.74) is 5.89. The van der Waals surface area contributed by atoms with Crippen LogP contribution in [-0.4, -0.2) is 23.0 Å². The van der Waals surface area contributed by atoms with E-state index < -0.39 is 5.60 Å². The van der Waals surface area contributed by atoms with Gasteiger partial charge in [-0.15, -0.1) is 0 Å². The van der Waals surface area contributed by atoms with Gasteiger partial charge in [-0.3, -0.25) is 4.79 Å². The number of aromatic nitrogens is 1. The number of hydrogen-bond acceptors (Lipinski definition) is 4. The lowest BCUT2D eigenvalue weighted by Crippen LogP contribution is -2.46. The van der Waals surface area contributed by atoms with Gasteiger partial charge in [0, 0.05) is 12.8 Å². The minimum atomic E-state index is -0.721. The standard InChI is InChI=1S/C16H24N2O2/c1-4-20-16(9-7-15(2,3)8-10-16)13(19)12-6-5-11-18-14(12)17/h5-6,11H,4,7-10H2,1-3H3,(H2,17,18). The zero-order valence-electron chi connectivity index (χ0n) is 12.6. The molecule has 1 aliphatic carbocycles. The number of carbonyl (C=O) groups is 1. The van der Waals surface area contributed by atoms with Crippen molar-refractivity contribution in [2.24, 2.45) is 5.41 Å². The van der Waals surface area contributed by atoms with Gasteiger partial charge in [0.1, 0.15) is 11.4 Å². The maximum atomic E-state index is 12.9. The lowest BCUT2D eigenvalue weighted by atomic mass is 9.68. The minimum Gasteiger partial charge on any atom is -0.383 e. The third-order valence-electron chi connectivity index (χ3n) is 4.33. The quantitative estimate of drug-likeness (QED) is 0.857. The normalized spacial score (nSPS) is 20.6. The topological polar surface area (TPSA) is 65.2 Å². The van der Waals surface area contributed by atoms with Crippen molar-refractivity contribution in [1.82, 2.24) is 4.98 Å². The van der Waals surface area contributed by atoms with Gasteiger partial charge < -0.3 is 10.5 Å².